The average Bonchev–Trinajstić information content (AvgIpc) is 2.16. The second-order valence-corrected chi connectivity index (χ2v) is 4.30. The summed E-state index contributed by atoms with van der Waals surface area (Å²) in [6.45, 7) is 4.08. The smallest absolute Gasteiger partial charge is 0.326 e. The molecular formula is C11H13Cl2NO2. The molecule has 1 rings (SSSR count). The Balaban J connectivity index is 3.08. The molecule has 0 radical (unpaired) electrons. The zero-order valence-electron chi connectivity index (χ0n) is 9.08. The molecule has 0 unspecified atom stereocenters. The maximum Gasteiger partial charge on any atom is 0.326 e. The van der Waals surface area contributed by atoms with Gasteiger partial charge in [-0.25, -0.2) is 4.79 Å². The lowest BCUT2D eigenvalue weighted by Crippen LogP contribution is -2.38. The van der Waals surface area contributed by atoms with E-state index in [1.165, 1.54) is 0 Å². The minimum absolute atomic E-state index is 0.499. The van der Waals surface area contributed by atoms with E-state index in [4.69, 9.17) is 28.3 Å². The van der Waals surface area contributed by atoms with Crippen LogP contribution in [0, 0.1) is 0 Å². The molecule has 0 saturated heterocycles. The molecular weight excluding hydrogens is 249 g/mol. The number of halogens is 2. The van der Waals surface area contributed by atoms with E-state index >= 15 is 0 Å². The molecule has 0 aliphatic heterocycles. The van der Waals surface area contributed by atoms with Gasteiger partial charge in [0.05, 0.1) is 0 Å². The van der Waals surface area contributed by atoms with Crippen molar-refractivity contribution >= 4 is 34.9 Å². The van der Waals surface area contributed by atoms with E-state index in [2.05, 4.69) is 0 Å². The van der Waals surface area contributed by atoms with Crippen LogP contribution in [0.4, 0.5) is 5.69 Å². The summed E-state index contributed by atoms with van der Waals surface area (Å²) in [7, 11) is 0. The first-order valence-electron chi connectivity index (χ1n) is 4.91. The van der Waals surface area contributed by atoms with E-state index in [1.54, 1.807) is 30.0 Å². The summed E-state index contributed by atoms with van der Waals surface area (Å²) in [4.78, 5) is 12.7. The molecule has 1 N–H and O–H groups in total. The number of likely N-dealkylation sites (N-methyl/N-ethyl adjacent to an activating group) is 1. The Hall–Kier alpha value is -0.930. The van der Waals surface area contributed by atoms with E-state index < -0.39 is 12.0 Å². The van der Waals surface area contributed by atoms with Gasteiger partial charge < -0.3 is 10.0 Å². The number of rotatable bonds is 4. The second-order valence-electron chi connectivity index (χ2n) is 3.43. The van der Waals surface area contributed by atoms with Gasteiger partial charge in [0.15, 0.2) is 0 Å². The SMILES string of the molecule is CCN(c1cc(Cl)cc(Cl)c1)[C@H](C)C(=O)O. The first kappa shape index (κ1) is 13.1. The van der Waals surface area contributed by atoms with Crippen LogP contribution in [0.2, 0.25) is 10.0 Å². The highest BCUT2D eigenvalue weighted by Gasteiger charge is 2.19. The van der Waals surface area contributed by atoms with Gasteiger partial charge in [0.1, 0.15) is 6.04 Å². The highest BCUT2D eigenvalue weighted by molar-refractivity contribution is 6.35. The van der Waals surface area contributed by atoms with Crippen LogP contribution >= 0.6 is 23.2 Å². The Morgan fingerprint density at radius 2 is 1.88 bits per heavy atom. The Kier molecular flexibility index (Phi) is 4.44. The number of aliphatic carboxylic acids is 1. The van der Waals surface area contributed by atoms with Gasteiger partial charge in [-0.1, -0.05) is 23.2 Å². The molecule has 0 fully saturated rings. The van der Waals surface area contributed by atoms with Gasteiger partial charge in [-0.15, -0.1) is 0 Å². The van der Waals surface area contributed by atoms with Crippen LogP contribution < -0.4 is 4.90 Å². The molecule has 1 aromatic rings. The topological polar surface area (TPSA) is 40.5 Å². The summed E-state index contributed by atoms with van der Waals surface area (Å²) in [5.41, 5.74) is 0.718. The molecule has 0 spiro atoms. The van der Waals surface area contributed by atoms with Gasteiger partial charge >= 0.3 is 5.97 Å². The molecule has 0 heterocycles. The first-order chi connectivity index (χ1) is 7.45. The number of benzene rings is 1. The van der Waals surface area contributed by atoms with Gasteiger partial charge in [0.25, 0.3) is 0 Å². The van der Waals surface area contributed by atoms with Gasteiger partial charge in [-0.2, -0.15) is 0 Å². The number of nitrogens with zero attached hydrogens (tertiary/aromatic N) is 1. The minimum atomic E-state index is -0.877. The van der Waals surface area contributed by atoms with Crippen molar-refractivity contribution in [2.75, 3.05) is 11.4 Å². The fraction of sp³-hybridized carbons (Fsp3) is 0.364. The van der Waals surface area contributed by atoms with Crippen LogP contribution in [0.5, 0.6) is 0 Å². The van der Waals surface area contributed by atoms with E-state index in [0.29, 0.717) is 16.6 Å². The van der Waals surface area contributed by atoms with E-state index in [-0.39, 0.29) is 0 Å². The Morgan fingerprint density at radius 1 is 1.38 bits per heavy atom. The van der Waals surface area contributed by atoms with Crippen molar-refractivity contribution in [2.45, 2.75) is 19.9 Å². The molecule has 88 valence electrons. The van der Waals surface area contributed by atoms with Gasteiger partial charge in [-0.3, -0.25) is 0 Å². The van der Waals surface area contributed by atoms with Crippen LogP contribution in [0.25, 0.3) is 0 Å². The molecule has 1 atom stereocenters. The highest BCUT2D eigenvalue weighted by atomic mass is 35.5. The van der Waals surface area contributed by atoms with Crippen molar-refractivity contribution in [3.05, 3.63) is 28.2 Å². The molecule has 0 aliphatic rings. The molecule has 0 aromatic heterocycles. The molecule has 5 heteroatoms. The lowest BCUT2D eigenvalue weighted by atomic mass is 10.2. The summed E-state index contributed by atoms with van der Waals surface area (Å²) >= 11 is 11.8. The highest BCUT2D eigenvalue weighted by Crippen LogP contribution is 2.26. The number of anilines is 1. The van der Waals surface area contributed by atoms with Crippen molar-refractivity contribution in [3.8, 4) is 0 Å². The summed E-state index contributed by atoms with van der Waals surface area (Å²) in [5, 5.41) is 9.97. The lowest BCUT2D eigenvalue weighted by Gasteiger charge is -2.27. The van der Waals surface area contributed by atoms with Crippen molar-refractivity contribution in [2.24, 2.45) is 0 Å². The fourth-order valence-electron chi connectivity index (χ4n) is 1.52. The van der Waals surface area contributed by atoms with Crippen LogP contribution in [0.3, 0.4) is 0 Å². The summed E-state index contributed by atoms with van der Waals surface area (Å²) in [6, 6.07) is 4.41. The average molecular weight is 262 g/mol. The van der Waals surface area contributed by atoms with E-state index in [9.17, 15) is 4.79 Å². The zero-order valence-corrected chi connectivity index (χ0v) is 10.6. The van der Waals surface area contributed by atoms with Crippen molar-refractivity contribution in [3.63, 3.8) is 0 Å². The third-order valence-corrected chi connectivity index (χ3v) is 2.78. The van der Waals surface area contributed by atoms with E-state index in [1.807, 2.05) is 6.92 Å². The van der Waals surface area contributed by atoms with Crippen LogP contribution in [-0.2, 0) is 4.79 Å². The van der Waals surface area contributed by atoms with Crippen molar-refractivity contribution < 1.29 is 9.90 Å². The molecule has 16 heavy (non-hydrogen) atoms. The molecule has 0 saturated carbocycles. The van der Waals surface area contributed by atoms with Crippen LogP contribution in [0.1, 0.15) is 13.8 Å². The zero-order chi connectivity index (χ0) is 12.3. The standard InChI is InChI=1S/C11H13Cl2NO2/c1-3-14(7(2)11(15)16)10-5-8(12)4-9(13)6-10/h4-7H,3H2,1-2H3,(H,15,16)/t7-/m1/s1. The molecule has 3 nitrogen and oxygen atoms in total. The predicted octanol–water partition coefficient (Wildman–Crippen LogP) is 3.29. The fourth-order valence-corrected chi connectivity index (χ4v) is 2.03. The van der Waals surface area contributed by atoms with Gasteiger partial charge in [0, 0.05) is 22.3 Å². The molecule has 0 amide bonds. The normalized spacial score (nSPS) is 12.2. The van der Waals surface area contributed by atoms with E-state index in [0.717, 1.165) is 5.69 Å². The number of carboxylic acids is 1. The van der Waals surface area contributed by atoms with Crippen molar-refractivity contribution in [1.29, 1.82) is 0 Å². The number of hydrogen-bond acceptors (Lipinski definition) is 2. The minimum Gasteiger partial charge on any atom is -0.480 e. The molecule has 1 aromatic carbocycles. The number of hydrogen-bond donors (Lipinski definition) is 1. The Morgan fingerprint density at radius 3 is 2.25 bits per heavy atom. The monoisotopic (exact) mass is 261 g/mol. The van der Waals surface area contributed by atoms with Gasteiger partial charge in [-0.05, 0) is 32.0 Å². The van der Waals surface area contributed by atoms with Crippen LogP contribution in [-0.4, -0.2) is 23.7 Å². The number of carboxylic acid groups (broad SMARTS) is 1. The first-order valence-corrected chi connectivity index (χ1v) is 5.66. The predicted molar refractivity (Wildman–Crippen MR) is 66.6 cm³/mol. The van der Waals surface area contributed by atoms with Crippen LogP contribution in [0.15, 0.2) is 18.2 Å². The summed E-state index contributed by atoms with van der Waals surface area (Å²) in [5.74, 6) is -0.877. The quantitative estimate of drug-likeness (QED) is 0.905. The molecule has 0 bridgehead atoms. The summed E-state index contributed by atoms with van der Waals surface area (Å²) in [6.07, 6.45) is 0. The third kappa shape index (κ3) is 3.03. The molecule has 0 aliphatic carbocycles. The largest absolute Gasteiger partial charge is 0.480 e. The Labute approximate surface area is 105 Å². The van der Waals surface area contributed by atoms with Gasteiger partial charge in [0.2, 0.25) is 0 Å². The lowest BCUT2D eigenvalue weighted by molar-refractivity contribution is -0.138. The second kappa shape index (κ2) is 5.41. The maximum atomic E-state index is 10.9. The summed E-state index contributed by atoms with van der Waals surface area (Å²) < 4.78 is 0. The maximum absolute atomic E-state index is 10.9. The third-order valence-electron chi connectivity index (χ3n) is 2.34. The Bertz CT molecular complexity index is 375. The number of carbonyl (C=O) groups is 1. The van der Waals surface area contributed by atoms with Crippen molar-refractivity contribution in [1.82, 2.24) is 0 Å².